The van der Waals surface area contributed by atoms with Crippen LogP contribution in [0.15, 0.2) is 10.5 Å². The minimum atomic E-state index is -2.96. The first-order valence-electron chi connectivity index (χ1n) is 2.82. The molecule has 1 rings (SSSR count). The molecule has 0 fully saturated rings. The van der Waals surface area contributed by atoms with E-state index in [-0.39, 0.29) is 9.63 Å². The predicted molar refractivity (Wildman–Crippen MR) is 41.9 cm³/mol. The Morgan fingerprint density at radius 1 is 1.50 bits per heavy atom. The first kappa shape index (κ1) is 9.80. The smallest absolute Gasteiger partial charge is 0.232 e. The molecule has 0 saturated carbocycles. The Bertz CT molecular complexity index is 305. The molecular weight excluding hydrogens is 258 g/mol. The average molecular weight is 260 g/mol. The van der Waals surface area contributed by atoms with Crippen molar-refractivity contribution in [2.75, 3.05) is 0 Å². The van der Waals surface area contributed by atoms with Crippen molar-refractivity contribution in [3.05, 3.63) is 27.2 Å². The van der Waals surface area contributed by atoms with Gasteiger partial charge in [0.2, 0.25) is 0 Å². The van der Waals surface area contributed by atoms with Gasteiger partial charge in [0.25, 0.3) is 6.43 Å². The molecule has 66 valence electrons. The average Bonchev–Trinajstić information content (AvgIpc) is 1.96. The summed E-state index contributed by atoms with van der Waals surface area (Å²) in [5.41, 5.74) is -0.936. The standard InChI is InChI=1S/C6H2BrClF3N/c7-2-1-3(8)12-5(4(2)9)6(10)11/h1,6H. The molecule has 0 radical (unpaired) electrons. The summed E-state index contributed by atoms with van der Waals surface area (Å²) in [5.74, 6) is -1.07. The van der Waals surface area contributed by atoms with Gasteiger partial charge >= 0.3 is 0 Å². The summed E-state index contributed by atoms with van der Waals surface area (Å²) in [7, 11) is 0. The highest BCUT2D eigenvalue weighted by atomic mass is 79.9. The maximum Gasteiger partial charge on any atom is 0.283 e. The molecule has 0 spiro atoms. The summed E-state index contributed by atoms with van der Waals surface area (Å²) >= 11 is 8.06. The van der Waals surface area contributed by atoms with Gasteiger partial charge in [0.1, 0.15) is 10.8 Å². The lowest BCUT2D eigenvalue weighted by molar-refractivity contribution is 0.140. The van der Waals surface area contributed by atoms with Crippen LogP contribution < -0.4 is 0 Å². The number of nitrogens with zero attached hydrogens (tertiary/aromatic N) is 1. The molecule has 0 bridgehead atoms. The molecule has 0 N–H and O–H groups in total. The van der Waals surface area contributed by atoms with Gasteiger partial charge in [-0.3, -0.25) is 0 Å². The van der Waals surface area contributed by atoms with Gasteiger partial charge in [-0.1, -0.05) is 11.6 Å². The summed E-state index contributed by atoms with van der Waals surface area (Å²) in [6.07, 6.45) is -2.96. The number of hydrogen-bond donors (Lipinski definition) is 0. The Balaban J connectivity index is 3.28. The second-order valence-electron chi connectivity index (χ2n) is 1.93. The molecular formula is C6H2BrClF3N. The molecule has 0 aliphatic rings. The third-order valence-electron chi connectivity index (χ3n) is 1.11. The van der Waals surface area contributed by atoms with Crippen LogP contribution in [0.25, 0.3) is 0 Å². The minimum absolute atomic E-state index is 0.113. The summed E-state index contributed by atoms with van der Waals surface area (Å²) < 4.78 is 36.7. The second kappa shape index (κ2) is 3.62. The fraction of sp³-hybridized carbons (Fsp3) is 0.167. The van der Waals surface area contributed by atoms with E-state index in [4.69, 9.17) is 11.6 Å². The van der Waals surface area contributed by atoms with E-state index in [1.165, 1.54) is 0 Å². The maximum absolute atomic E-state index is 12.8. The van der Waals surface area contributed by atoms with Crippen molar-refractivity contribution in [1.29, 1.82) is 0 Å². The molecule has 0 aromatic carbocycles. The monoisotopic (exact) mass is 259 g/mol. The SMILES string of the molecule is Fc1c(Br)cc(Cl)nc1C(F)F. The highest BCUT2D eigenvalue weighted by Crippen LogP contribution is 2.27. The van der Waals surface area contributed by atoms with Crippen LogP contribution in [-0.4, -0.2) is 4.98 Å². The van der Waals surface area contributed by atoms with Gasteiger partial charge in [-0.05, 0) is 22.0 Å². The van der Waals surface area contributed by atoms with E-state index >= 15 is 0 Å². The van der Waals surface area contributed by atoms with Crippen LogP contribution in [0.1, 0.15) is 12.1 Å². The Kier molecular flexibility index (Phi) is 2.95. The molecule has 1 nitrogen and oxygen atoms in total. The van der Waals surface area contributed by atoms with Crippen molar-refractivity contribution < 1.29 is 13.2 Å². The van der Waals surface area contributed by atoms with Gasteiger partial charge in [0, 0.05) is 0 Å². The second-order valence-corrected chi connectivity index (χ2v) is 3.17. The Labute approximate surface area is 79.7 Å². The fourth-order valence-electron chi connectivity index (χ4n) is 0.631. The molecule has 0 aliphatic carbocycles. The van der Waals surface area contributed by atoms with Crippen molar-refractivity contribution >= 4 is 27.5 Å². The highest BCUT2D eigenvalue weighted by molar-refractivity contribution is 9.10. The Morgan fingerprint density at radius 3 is 2.58 bits per heavy atom. The first-order chi connectivity index (χ1) is 5.52. The third kappa shape index (κ3) is 1.90. The fourth-order valence-corrected chi connectivity index (χ4v) is 1.38. The van der Waals surface area contributed by atoms with Crippen LogP contribution in [0.5, 0.6) is 0 Å². The van der Waals surface area contributed by atoms with E-state index in [1.54, 1.807) is 0 Å². The number of rotatable bonds is 1. The van der Waals surface area contributed by atoms with E-state index in [0.717, 1.165) is 6.07 Å². The molecule has 6 heteroatoms. The van der Waals surface area contributed by atoms with E-state index < -0.39 is 17.9 Å². The summed E-state index contributed by atoms with van der Waals surface area (Å²) in [6, 6.07) is 1.11. The predicted octanol–water partition coefficient (Wildman–Crippen LogP) is 3.57. The molecule has 1 aromatic heterocycles. The number of alkyl halides is 2. The Hall–Kier alpha value is -0.290. The zero-order valence-electron chi connectivity index (χ0n) is 5.49. The van der Waals surface area contributed by atoms with Gasteiger partial charge in [-0.25, -0.2) is 18.2 Å². The third-order valence-corrected chi connectivity index (χ3v) is 1.89. The molecule has 0 saturated heterocycles. The lowest BCUT2D eigenvalue weighted by atomic mass is 10.3. The van der Waals surface area contributed by atoms with Crippen LogP contribution in [0.4, 0.5) is 13.2 Å². The van der Waals surface area contributed by atoms with Crippen LogP contribution >= 0.6 is 27.5 Å². The maximum atomic E-state index is 12.8. The molecule has 1 heterocycles. The van der Waals surface area contributed by atoms with Crippen LogP contribution in [-0.2, 0) is 0 Å². The minimum Gasteiger partial charge on any atom is -0.232 e. The number of pyridine rings is 1. The molecule has 0 atom stereocenters. The van der Waals surface area contributed by atoms with Gasteiger partial charge in [0.05, 0.1) is 4.47 Å². The van der Waals surface area contributed by atoms with Gasteiger partial charge in [-0.2, -0.15) is 0 Å². The van der Waals surface area contributed by atoms with Crippen LogP contribution in [0, 0.1) is 5.82 Å². The lowest BCUT2D eigenvalue weighted by Crippen LogP contribution is -1.96. The number of halogens is 5. The Morgan fingerprint density at radius 2 is 2.08 bits per heavy atom. The topological polar surface area (TPSA) is 12.9 Å². The van der Waals surface area contributed by atoms with Gasteiger partial charge in [-0.15, -0.1) is 0 Å². The van der Waals surface area contributed by atoms with E-state index in [2.05, 4.69) is 20.9 Å². The van der Waals surface area contributed by atoms with Crippen molar-refractivity contribution in [2.45, 2.75) is 6.43 Å². The first-order valence-corrected chi connectivity index (χ1v) is 3.99. The molecule has 12 heavy (non-hydrogen) atoms. The largest absolute Gasteiger partial charge is 0.283 e. The highest BCUT2D eigenvalue weighted by Gasteiger charge is 2.18. The van der Waals surface area contributed by atoms with Crippen molar-refractivity contribution in [3.8, 4) is 0 Å². The summed E-state index contributed by atoms with van der Waals surface area (Å²) in [5, 5.41) is -0.168. The van der Waals surface area contributed by atoms with Crippen LogP contribution in [0.2, 0.25) is 5.15 Å². The van der Waals surface area contributed by atoms with Crippen molar-refractivity contribution in [1.82, 2.24) is 4.98 Å². The van der Waals surface area contributed by atoms with E-state index in [0.29, 0.717) is 0 Å². The van der Waals surface area contributed by atoms with E-state index in [9.17, 15) is 13.2 Å². The molecule has 0 aliphatic heterocycles. The van der Waals surface area contributed by atoms with Gasteiger partial charge in [0.15, 0.2) is 5.82 Å². The van der Waals surface area contributed by atoms with E-state index in [1.807, 2.05) is 0 Å². The zero-order valence-corrected chi connectivity index (χ0v) is 7.83. The zero-order chi connectivity index (χ0) is 9.30. The summed E-state index contributed by atoms with van der Waals surface area (Å²) in [4.78, 5) is 3.14. The number of hydrogen-bond acceptors (Lipinski definition) is 1. The van der Waals surface area contributed by atoms with Crippen molar-refractivity contribution in [3.63, 3.8) is 0 Å². The van der Waals surface area contributed by atoms with Crippen LogP contribution in [0.3, 0.4) is 0 Å². The number of aromatic nitrogens is 1. The summed E-state index contributed by atoms with van der Waals surface area (Å²) in [6.45, 7) is 0. The normalized spacial score (nSPS) is 10.8. The molecule has 0 unspecified atom stereocenters. The van der Waals surface area contributed by atoms with Crippen molar-refractivity contribution in [2.24, 2.45) is 0 Å². The molecule has 0 amide bonds. The quantitative estimate of drug-likeness (QED) is 0.703. The lowest BCUT2D eigenvalue weighted by Gasteiger charge is -2.02. The van der Waals surface area contributed by atoms with Gasteiger partial charge < -0.3 is 0 Å². The molecule has 1 aromatic rings.